The van der Waals surface area contributed by atoms with E-state index < -0.39 is 6.04 Å². The van der Waals surface area contributed by atoms with Crippen LogP contribution in [0.4, 0.5) is 0 Å². The van der Waals surface area contributed by atoms with Gasteiger partial charge in [0.05, 0.1) is 6.07 Å². The van der Waals surface area contributed by atoms with Crippen LogP contribution in [0.2, 0.25) is 0 Å². The first kappa shape index (κ1) is 9.44. The second kappa shape index (κ2) is 4.29. The van der Waals surface area contributed by atoms with Gasteiger partial charge >= 0.3 is 0 Å². The molecule has 1 heterocycles. The summed E-state index contributed by atoms with van der Waals surface area (Å²) in [5.74, 6) is 0. The van der Waals surface area contributed by atoms with Crippen molar-refractivity contribution in [2.75, 3.05) is 0 Å². The number of hydrogen-bond donors (Lipinski definition) is 1. The molecule has 0 radical (unpaired) electrons. The van der Waals surface area contributed by atoms with Crippen LogP contribution in [0.15, 0.2) is 17.5 Å². The Morgan fingerprint density at radius 2 is 2.40 bits per heavy atom. The molecule has 2 nitrogen and oxygen atoms in total. The van der Waals surface area contributed by atoms with Gasteiger partial charge in [0, 0.05) is 4.88 Å². The van der Waals surface area contributed by atoms with Crippen LogP contribution >= 0.6 is 23.7 Å². The van der Waals surface area contributed by atoms with Gasteiger partial charge in [0.1, 0.15) is 6.04 Å². The summed E-state index contributed by atoms with van der Waals surface area (Å²) in [6.07, 6.45) is 0. The molecular weight excluding hydrogens is 168 g/mol. The van der Waals surface area contributed by atoms with E-state index in [9.17, 15) is 0 Å². The Morgan fingerprint density at radius 1 is 1.70 bits per heavy atom. The van der Waals surface area contributed by atoms with Crippen LogP contribution in [0.3, 0.4) is 0 Å². The number of rotatable bonds is 1. The van der Waals surface area contributed by atoms with E-state index in [1.54, 1.807) is 0 Å². The molecule has 0 aliphatic heterocycles. The highest BCUT2D eigenvalue weighted by Gasteiger charge is 2.02. The zero-order valence-electron chi connectivity index (χ0n) is 5.15. The van der Waals surface area contributed by atoms with E-state index in [0.29, 0.717) is 0 Å². The molecule has 0 amide bonds. The van der Waals surface area contributed by atoms with Gasteiger partial charge in [0.25, 0.3) is 0 Å². The minimum atomic E-state index is -0.440. The summed E-state index contributed by atoms with van der Waals surface area (Å²) in [4.78, 5) is 0.928. The highest BCUT2D eigenvalue weighted by molar-refractivity contribution is 7.10. The molecule has 0 aliphatic carbocycles. The van der Waals surface area contributed by atoms with Crippen LogP contribution in [0.5, 0.6) is 0 Å². The second-order valence-electron chi connectivity index (χ2n) is 1.62. The number of hydrogen-bond acceptors (Lipinski definition) is 3. The van der Waals surface area contributed by atoms with Gasteiger partial charge in [-0.2, -0.15) is 5.26 Å². The van der Waals surface area contributed by atoms with Crippen LogP contribution in [-0.4, -0.2) is 0 Å². The largest absolute Gasteiger partial charge is 0.312 e. The standard InChI is InChI=1S/C6H6N2S.ClH/c7-4-5(8)6-2-1-3-9-6;/h1-3,5H,8H2;1H. The lowest BCUT2D eigenvalue weighted by Gasteiger charge is -1.93. The Kier molecular flexibility index (Phi) is 4.05. The van der Waals surface area contributed by atoms with Crippen molar-refractivity contribution in [3.63, 3.8) is 0 Å². The maximum atomic E-state index is 8.34. The molecule has 1 aromatic heterocycles. The summed E-state index contributed by atoms with van der Waals surface area (Å²) in [6, 6.07) is 5.26. The Bertz CT molecular complexity index is 214. The molecule has 0 aliphatic rings. The van der Waals surface area contributed by atoms with Crippen LogP contribution in [-0.2, 0) is 0 Å². The first-order chi connectivity index (χ1) is 4.34. The summed E-state index contributed by atoms with van der Waals surface area (Å²) in [5.41, 5.74) is 5.39. The first-order valence-corrected chi connectivity index (χ1v) is 3.41. The van der Waals surface area contributed by atoms with E-state index in [4.69, 9.17) is 11.0 Å². The van der Waals surface area contributed by atoms with E-state index in [0.717, 1.165) is 4.88 Å². The molecule has 0 saturated heterocycles. The predicted molar refractivity (Wildman–Crippen MR) is 44.1 cm³/mol. The lowest BCUT2D eigenvalue weighted by Crippen LogP contribution is -2.04. The topological polar surface area (TPSA) is 49.8 Å². The molecule has 2 N–H and O–H groups in total. The fourth-order valence-corrected chi connectivity index (χ4v) is 1.20. The highest BCUT2D eigenvalue weighted by atomic mass is 35.5. The zero-order chi connectivity index (χ0) is 6.69. The van der Waals surface area contributed by atoms with Gasteiger partial charge in [-0.25, -0.2) is 0 Å². The van der Waals surface area contributed by atoms with Crippen LogP contribution in [0.1, 0.15) is 10.9 Å². The molecule has 0 fully saturated rings. The van der Waals surface area contributed by atoms with Gasteiger partial charge < -0.3 is 5.73 Å². The van der Waals surface area contributed by atoms with Crippen LogP contribution in [0.25, 0.3) is 0 Å². The number of nitriles is 1. The molecule has 1 atom stereocenters. The smallest absolute Gasteiger partial charge is 0.128 e. The van der Waals surface area contributed by atoms with Gasteiger partial charge in [-0.1, -0.05) is 6.07 Å². The summed E-state index contributed by atoms with van der Waals surface area (Å²) in [5, 5.41) is 10.2. The molecule has 0 saturated carbocycles. The molecule has 10 heavy (non-hydrogen) atoms. The van der Waals surface area contributed by atoms with E-state index in [-0.39, 0.29) is 12.4 Å². The zero-order valence-corrected chi connectivity index (χ0v) is 6.78. The van der Waals surface area contributed by atoms with Gasteiger partial charge in [-0.15, -0.1) is 23.7 Å². The predicted octanol–water partition coefficient (Wildman–Crippen LogP) is 1.69. The fraction of sp³-hybridized carbons (Fsp3) is 0.167. The molecule has 1 unspecified atom stereocenters. The average molecular weight is 175 g/mol. The minimum Gasteiger partial charge on any atom is -0.312 e. The second-order valence-corrected chi connectivity index (χ2v) is 2.60. The van der Waals surface area contributed by atoms with Crippen LogP contribution < -0.4 is 5.73 Å². The van der Waals surface area contributed by atoms with Crippen LogP contribution in [0, 0.1) is 11.3 Å². The van der Waals surface area contributed by atoms with Gasteiger partial charge in [-0.3, -0.25) is 0 Å². The van der Waals surface area contributed by atoms with Gasteiger partial charge in [0.15, 0.2) is 0 Å². The Labute approximate surface area is 69.7 Å². The van der Waals surface area contributed by atoms with Crippen molar-refractivity contribution in [1.29, 1.82) is 5.26 Å². The molecule has 0 aromatic carbocycles. The number of nitrogens with zero attached hydrogens (tertiary/aromatic N) is 1. The maximum Gasteiger partial charge on any atom is 0.128 e. The van der Waals surface area contributed by atoms with Gasteiger partial charge in [-0.05, 0) is 11.4 Å². The summed E-state index contributed by atoms with van der Waals surface area (Å²) >= 11 is 1.51. The number of nitrogens with two attached hydrogens (primary N) is 1. The molecule has 0 spiro atoms. The van der Waals surface area contributed by atoms with E-state index >= 15 is 0 Å². The third-order valence-electron chi connectivity index (χ3n) is 0.989. The Balaban J connectivity index is 0.000000810. The van der Waals surface area contributed by atoms with Gasteiger partial charge in [0.2, 0.25) is 0 Å². The SMILES string of the molecule is Cl.N#CC(N)c1cccs1. The van der Waals surface area contributed by atoms with Crippen molar-refractivity contribution in [2.45, 2.75) is 6.04 Å². The number of halogens is 1. The Morgan fingerprint density at radius 3 is 2.80 bits per heavy atom. The van der Waals surface area contributed by atoms with Crippen molar-refractivity contribution in [3.05, 3.63) is 22.4 Å². The molecule has 1 rings (SSSR count). The quantitative estimate of drug-likeness (QED) is 0.705. The number of thiophene rings is 1. The monoisotopic (exact) mass is 174 g/mol. The van der Waals surface area contributed by atoms with Crippen molar-refractivity contribution in [1.82, 2.24) is 0 Å². The van der Waals surface area contributed by atoms with E-state index in [1.165, 1.54) is 11.3 Å². The maximum absolute atomic E-state index is 8.34. The molecular formula is C6H7ClN2S. The molecule has 4 heteroatoms. The normalized spacial score (nSPS) is 11.2. The highest BCUT2D eigenvalue weighted by Crippen LogP contribution is 2.14. The minimum absolute atomic E-state index is 0. The molecule has 1 aromatic rings. The lowest BCUT2D eigenvalue weighted by molar-refractivity contribution is 0.951. The van der Waals surface area contributed by atoms with Crippen molar-refractivity contribution in [2.24, 2.45) is 5.73 Å². The van der Waals surface area contributed by atoms with Crippen molar-refractivity contribution < 1.29 is 0 Å². The fourth-order valence-electron chi connectivity index (χ4n) is 0.532. The average Bonchev–Trinajstić information content (AvgIpc) is 2.37. The van der Waals surface area contributed by atoms with Crippen molar-refractivity contribution >= 4 is 23.7 Å². The van der Waals surface area contributed by atoms with E-state index in [2.05, 4.69) is 0 Å². The van der Waals surface area contributed by atoms with Crippen molar-refractivity contribution in [3.8, 4) is 6.07 Å². The molecule has 0 bridgehead atoms. The van der Waals surface area contributed by atoms with E-state index in [1.807, 2.05) is 23.6 Å². The first-order valence-electron chi connectivity index (χ1n) is 2.53. The lowest BCUT2D eigenvalue weighted by atomic mass is 10.3. The summed E-state index contributed by atoms with van der Waals surface area (Å²) < 4.78 is 0. The summed E-state index contributed by atoms with van der Waals surface area (Å²) in [6.45, 7) is 0. The Hall–Kier alpha value is -0.560. The third kappa shape index (κ3) is 1.99. The molecule has 54 valence electrons. The summed E-state index contributed by atoms with van der Waals surface area (Å²) in [7, 11) is 0. The third-order valence-corrected chi connectivity index (χ3v) is 1.94.